The molecule has 1 aliphatic rings. The summed E-state index contributed by atoms with van der Waals surface area (Å²) in [6.45, 7) is 0.743. The van der Waals surface area contributed by atoms with Gasteiger partial charge in [0.25, 0.3) is 0 Å². The molecule has 0 fully saturated rings. The van der Waals surface area contributed by atoms with E-state index in [4.69, 9.17) is 10.9 Å². The molecule has 0 saturated heterocycles. The molecule has 0 radical (unpaired) electrons. The maximum Gasteiger partial charge on any atom is 0.188 e. The number of fused-ring (bicyclic) bond motifs is 1. The van der Waals surface area contributed by atoms with Crippen LogP contribution in [-0.4, -0.2) is 22.1 Å². The Hall–Kier alpha value is -2.40. The third-order valence-electron chi connectivity index (χ3n) is 3.84. The molecular weight excluding hydrogens is 264 g/mol. The summed E-state index contributed by atoms with van der Waals surface area (Å²) in [7, 11) is 0. The first kappa shape index (κ1) is 13.6. The molecule has 108 valence electrons. The summed E-state index contributed by atoms with van der Waals surface area (Å²) in [5, 5.41) is 15.2. The number of nitrogens with zero attached hydrogens (tertiary/aromatic N) is 2. The van der Waals surface area contributed by atoms with E-state index >= 15 is 0 Å². The van der Waals surface area contributed by atoms with Crippen LogP contribution in [-0.2, 0) is 19.4 Å². The topological polar surface area (TPSA) is 83.5 Å². The Morgan fingerprint density at radius 1 is 1.29 bits per heavy atom. The van der Waals surface area contributed by atoms with E-state index in [2.05, 4.69) is 39.7 Å². The Morgan fingerprint density at radius 2 is 2.00 bits per heavy atom. The lowest BCUT2D eigenvalue weighted by Crippen LogP contribution is -2.29. The van der Waals surface area contributed by atoms with Gasteiger partial charge in [-0.2, -0.15) is 0 Å². The first-order valence-electron chi connectivity index (χ1n) is 6.99. The van der Waals surface area contributed by atoms with Gasteiger partial charge in [-0.15, -0.1) is 0 Å². The summed E-state index contributed by atoms with van der Waals surface area (Å²) in [4.78, 5) is 4.08. The van der Waals surface area contributed by atoms with Crippen LogP contribution in [0.3, 0.4) is 0 Å². The second kappa shape index (κ2) is 5.93. The Bertz CT molecular complexity index is 644. The summed E-state index contributed by atoms with van der Waals surface area (Å²) < 4.78 is 0. The van der Waals surface area contributed by atoms with E-state index in [-0.39, 0.29) is 5.84 Å². The van der Waals surface area contributed by atoms with Crippen LogP contribution < -0.4 is 11.1 Å². The third kappa shape index (κ3) is 3.03. The van der Waals surface area contributed by atoms with Crippen LogP contribution in [0.15, 0.2) is 47.8 Å². The Labute approximate surface area is 123 Å². The molecular formula is C16H18N4O. The minimum Gasteiger partial charge on any atom is -0.409 e. The van der Waals surface area contributed by atoms with Crippen LogP contribution in [0.5, 0.6) is 0 Å². The van der Waals surface area contributed by atoms with Crippen molar-refractivity contribution in [3.8, 4) is 0 Å². The van der Waals surface area contributed by atoms with Gasteiger partial charge < -0.3 is 16.3 Å². The van der Waals surface area contributed by atoms with Gasteiger partial charge in [0, 0.05) is 18.8 Å². The van der Waals surface area contributed by atoms with Gasteiger partial charge in [-0.25, -0.2) is 0 Å². The molecule has 0 spiro atoms. The highest BCUT2D eigenvalue weighted by molar-refractivity contribution is 5.95. The van der Waals surface area contributed by atoms with Gasteiger partial charge in [-0.1, -0.05) is 29.4 Å². The highest BCUT2D eigenvalue weighted by atomic mass is 16.4. The monoisotopic (exact) mass is 282 g/mol. The van der Waals surface area contributed by atoms with E-state index in [0.717, 1.165) is 24.9 Å². The molecule has 0 saturated carbocycles. The molecule has 0 amide bonds. The van der Waals surface area contributed by atoms with Crippen LogP contribution in [0.4, 0.5) is 0 Å². The zero-order valence-electron chi connectivity index (χ0n) is 11.7. The third-order valence-corrected chi connectivity index (χ3v) is 3.84. The van der Waals surface area contributed by atoms with E-state index < -0.39 is 0 Å². The molecule has 0 aliphatic heterocycles. The van der Waals surface area contributed by atoms with Crippen LogP contribution in [0.1, 0.15) is 22.4 Å². The molecule has 5 nitrogen and oxygen atoms in total. The lowest BCUT2D eigenvalue weighted by atomic mass is 10.1. The van der Waals surface area contributed by atoms with Gasteiger partial charge in [-0.05, 0) is 41.7 Å². The number of pyridine rings is 1. The zero-order chi connectivity index (χ0) is 14.7. The van der Waals surface area contributed by atoms with Gasteiger partial charge in [-0.3, -0.25) is 4.98 Å². The van der Waals surface area contributed by atoms with E-state index in [9.17, 15) is 0 Å². The summed E-state index contributed by atoms with van der Waals surface area (Å²) in [6.07, 6.45) is 3.80. The van der Waals surface area contributed by atoms with E-state index in [0.29, 0.717) is 11.7 Å². The molecule has 1 aromatic heterocycles. The lowest BCUT2D eigenvalue weighted by Gasteiger charge is -2.12. The molecule has 0 unspecified atom stereocenters. The molecule has 1 heterocycles. The number of hydrogen-bond donors (Lipinski definition) is 3. The summed E-state index contributed by atoms with van der Waals surface area (Å²) in [5.74, 6) is 0.0325. The molecule has 3 rings (SSSR count). The second-order valence-corrected chi connectivity index (χ2v) is 5.29. The molecule has 5 heteroatoms. The Kier molecular flexibility index (Phi) is 3.83. The van der Waals surface area contributed by atoms with Gasteiger partial charge in [0.2, 0.25) is 0 Å². The van der Waals surface area contributed by atoms with Gasteiger partial charge in [0.15, 0.2) is 5.84 Å². The van der Waals surface area contributed by atoms with E-state index in [1.807, 2.05) is 12.1 Å². The van der Waals surface area contributed by atoms with E-state index in [1.165, 1.54) is 11.1 Å². The molecule has 1 aliphatic carbocycles. The average molecular weight is 282 g/mol. The minimum absolute atomic E-state index is 0.0325. The predicted octanol–water partition coefficient (Wildman–Crippen LogP) is 1.43. The fourth-order valence-electron chi connectivity index (χ4n) is 2.74. The second-order valence-electron chi connectivity index (χ2n) is 5.29. The van der Waals surface area contributed by atoms with Crippen LogP contribution in [0.25, 0.3) is 0 Å². The van der Waals surface area contributed by atoms with Gasteiger partial charge in [0.1, 0.15) is 5.69 Å². The maximum absolute atomic E-state index is 8.69. The normalized spacial score (nSPS) is 15.1. The number of rotatable bonds is 4. The van der Waals surface area contributed by atoms with Crippen LogP contribution in [0.2, 0.25) is 0 Å². The zero-order valence-corrected chi connectivity index (χ0v) is 11.7. The molecule has 4 N–H and O–H groups in total. The van der Waals surface area contributed by atoms with Crippen molar-refractivity contribution >= 4 is 5.84 Å². The van der Waals surface area contributed by atoms with Crippen molar-refractivity contribution in [2.24, 2.45) is 10.9 Å². The standard InChI is InChI=1S/C16H18N4O/c17-16(20-21)15-7-11(5-6-18-15)10-19-14-8-12-3-1-2-4-13(12)9-14/h1-7,14,19,21H,8-10H2,(H2,17,20). The predicted molar refractivity (Wildman–Crippen MR) is 81.2 cm³/mol. The van der Waals surface area contributed by atoms with Crippen molar-refractivity contribution in [1.82, 2.24) is 10.3 Å². The largest absolute Gasteiger partial charge is 0.409 e. The lowest BCUT2D eigenvalue weighted by molar-refractivity contribution is 0.318. The summed E-state index contributed by atoms with van der Waals surface area (Å²) in [5.41, 5.74) is 9.98. The summed E-state index contributed by atoms with van der Waals surface area (Å²) >= 11 is 0. The van der Waals surface area contributed by atoms with Crippen molar-refractivity contribution < 1.29 is 5.21 Å². The molecule has 0 bridgehead atoms. The van der Waals surface area contributed by atoms with Crippen LogP contribution in [0, 0.1) is 0 Å². The SMILES string of the molecule is N/C(=N/O)c1cc(CNC2Cc3ccccc3C2)ccn1. The molecule has 2 aromatic rings. The fraction of sp³-hybridized carbons (Fsp3) is 0.250. The number of nitrogens with two attached hydrogens (primary N) is 1. The van der Waals surface area contributed by atoms with Gasteiger partial charge >= 0.3 is 0 Å². The molecule has 0 atom stereocenters. The van der Waals surface area contributed by atoms with Crippen molar-refractivity contribution in [3.05, 3.63) is 65.0 Å². The van der Waals surface area contributed by atoms with Crippen molar-refractivity contribution in [2.45, 2.75) is 25.4 Å². The highest BCUT2D eigenvalue weighted by Gasteiger charge is 2.20. The maximum atomic E-state index is 8.69. The molecule has 21 heavy (non-hydrogen) atoms. The van der Waals surface area contributed by atoms with Crippen molar-refractivity contribution in [3.63, 3.8) is 0 Å². The first-order chi connectivity index (χ1) is 10.3. The number of amidine groups is 1. The quantitative estimate of drug-likeness (QED) is 0.343. The van der Waals surface area contributed by atoms with Crippen LogP contribution >= 0.6 is 0 Å². The number of nitrogens with one attached hydrogen (secondary N) is 1. The van der Waals surface area contributed by atoms with E-state index in [1.54, 1.807) is 6.20 Å². The average Bonchev–Trinajstić information content (AvgIpc) is 2.95. The van der Waals surface area contributed by atoms with Gasteiger partial charge in [0.05, 0.1) is 0 Å². The van der Waals surface area contributed by atoms with Crippen molar-refractivity contribution in [2.75, 3.05) is 0 Å². The Balaban J connectivity index is 1.62. The number of oxime groups is 1. The summed E-state index contributed by atoms with van der Waals surface area (Å²) in [6, 6.07) is 12.8. The fourth-order valence-corrected chi connectivity index (χ4v) is 2.74. The highest BCUT2D eigenvalue weighted by Crippen LogP contribution is 2.21. The minimum atomic E-state index is 0.0325. The van der Waals surface area contributed by atoms with Crippen molar-refractivity contribution in [1.29, 1.82) is 0 Å². The first-order valence-corrected chi connectivity index (χ1v) is 6.99. The number of aromatic nitrogens is 1. The number of hydrogen-bond acceptors (Lipinski definition) is 4. The molecule has 1 aromatic carbocycles. The Morgan fingerprint density at radius 3 is 2.67 bits per heavy atom. The smallest absolute Gasteiger partial charge is 0.188 e. The number of benzene rings is 1.